The molecule has 5 heterocycles. The molecule has 0 radical (unpaired) electrons. The fourth-order valence-corrected chi connectivity index (χ4v) is 7.35. The highest BCUT2D eigenvalue weighted by molar-refractivity contribution is 6.11. The van der Waals surface area contributed by atoms with Gasteiger partial charge in [-0.3, -0.25) is 14.4 Å². The molecule has 0 spiro atoms. The lowest BCUT2D eigenvalue weighted by molar-refractivity contribution is -0.136. The third kappa shape index (κ3) is 8.40. The average molecular weight is 771 g/mol. The number of ketones is 1. The van der Waals surface area contributed by atoms with Crippen LogP contribution >= 0.6 is 0 Å². The maximum absolute atomic E-state index is 13.7. The second kappa shape index (κ2) is 17.1. The lowest BCUT2D eigenvalue weighted by Crippen LogP contribution is -2.51. The van der Waals surface area contributed by atoms with Gasteiger partial charge in [-0.1, -0.05) is 52.0 Å². The zero-order chi connectivity index (χ0) is 40.1. The van der Waals surface area contributed by atoms with Crippen LogP contribution in [0.5, 0.6) is 0 Å². The Labute approximate surface area is 324 Å². The first-order valence-corrected chi connectivity index (χ1v) is 18.9. The number of alkyl carbamates (subject to hydrolysis) is 2. The number of aromatic amines is 3. The van der Waals surface area contributed by atoms with Crippen LogP contribution in [-0.4, -0.2) is 104 Å². The average Bonchev–Trinajstić information content (AvgIpc) is 4.04. The Morgan fingerprint density at radius 1 is 0.732 bits per heavy atom. The molecule has 4 amide bonds. The van der Waals surface area contributed by atoms with Crippen LogP contribution in [0.3, 0.4) is 0 Å². The largest absolute Gasteiger partial charge is 0.453 e. The van der Waals surface area contributed by atoms with E-state index in [0.29, 0.717) is 59.6 Å². The molecule has 1 aromatic carbocycles. The topological polar surface area (TPSA) is 220 Å². The third-order valence-electron chi connectivity index (χ3n) is 10.4. The van der Waals surface area contributed by atoms with Crippen molar-refractivity contribution in [2.75, 3.05) is 32.6 Å². The minimum Gasteiger partial charge on any atom is -0.453 e. The summed E-state index contributed by atoms with van der Waals surface area (Å²) >= 11 is 0. The van der Waals surface area contributed by atoms with Gasteiger partial charge in [0.25, 0.3) is 0 Å². The molecule has 4 aromatic rings. The second-order valence-electron chi connectivity index (χ2n) is 14.7. The lowest BCUT2D eigenvalue weighted by atomic mass is 10.0. The number of ether oxygens (including phenoxy) is 2. The van der Waals surface area contributed by atoms with Crippen LogP contribution in [0.2, 0.25) is 0 Å². The van der Waals surface area contributed by atoms with Gasteiger partial charge in [-0.05, 0) is 43.6 Å². The summed E-state index contributed by atoms with van der Waals surface area (Å²) in [4.78, 5) is 87.2. The molecule has 0 aliphatic carbocycles. The van der Waals surface area contributed by atoms with Crippen molar-refractivity contribution < 1.29 is 33.4 Å². The van der Waals surface area contributed by atoms with Gasteiger partial charge in [0, 0.05) is 42.8 Å². The zero-order valence-corrected chi connectivity index (χ0v) is 32.5. The van der Waals surface area contributed by atoms with Crippen molar-refractivity contribution in [3.63, 3.8) is 0 Å². The molecule has 2 fully saturated rings. The molecule has 0 bridgehead atoms. The van der Waals surface area contributed by atoms with E-state index in [1.54, 1.807) is 46.6 Å². The molecule has 2 aliphatic rings. The smallest absolute Gasteiger partial charge is 0.407 e. The molecule has 17 heteroatoms. The fraction of sp³-hybridized carbons (Fsp3) is 0.462. The van der Waals surface area contributed by atoms with E-state index in [2.05, 4.69) is 30.9 Å². The summed E-state index contributed by atoms with van der Waals surface area (Å²) in [6.07, 6.45) is 6.87. The number of benzene rings is 1. The standard InChI is InChI=1S/C39H50N10O7/c1-21(2)30(46-38(53)55-5)36(51)48-17-7-9-27(48)34-41-19-26(44-34)23-11-13-24(14-12-23)33(50)32-25(15-16-40-32)43-29-20-42-35(45-29)28-10-8-18-49(28)37(52)31(22(3)4)47-39(54)56-6/h11-16,19-22,27-28,30-31,40,43H,7-10,17-18H2,1-6H3,(H,41,44)(H,42,45)(H,46,53)(H,47,54)/t27-,28-,30-,31-/m0/s1. The van der Waals surface area contributed by atoms with Gasteiger partial charge in [0.1, 0.15) is 35.2 Å². The van der Waals surface area contributed by atoms with Crippen molar-refractivity contribution >= 4 is 41.3 Å². The predicted molar refractivity (Wildman–Crippen MR) is 206 cm³/mol. The molecule has 4 atom stereocenters. The Bertz CT molecular complexity index is 2030. The number of amides is 4. The van der Waals surface area contributed by atoms with Crippen LogP contribution < -0.4 is 16.0 Å². The Balaban J connectivity index is 1.11. The predicted octanol–water partition coefficient (Wildman–Crippen LogP) is 5.19. The van der Waals surface area contributed by atoms with Crippen LogP contribution in [0, 0.1) is 11.8 Å². The molecule has 0 unspecified atom stereocenters. The number of imidazole rings is 2. The Kier molecular flexibility index (Phi) is 12.1. The molecule has 298 valence electrons. The van der Waals surface area contributed by atoms with Gasteiger partial charge in [0.15, 0.2) is 0 Å². The van der Waals surface area contributed by atoms with Gasteiger partial charge in [0.05, 0.1) is 37.7 Å². The first kappa shape index (κ1) is 39.6. The first-order chi connectivity index (χ1) is 26.9. The maximum atomic E-state index is 13.7. The number of aromatic nitrogens is 5. The highest BCUT2D eigenvalue weighted by Gasteiger charge is 2.39. The summed E-state index contributed by atoms with van der Waals surface area (Å²) in [6.45, 7) is 8.57. The summed E-state index contributed by atoms with van der Waals surface area (Å²) in [5.74, 6) is 0.834. The van der Waals surface area contributed by atoms with Crippen LogP contribution in [0.1, 0.15) is 93.2 Å². The molecule has 3 aromatic heterocycles. The van der Waals surface area contributed by atoms with Gasteiger partial charge < -0.3 is 50.2 Å². The number of hydrogen-bond donors (Lipinski definition) is 6. The third-order valence-corrected chi connectivity index (χ3v) is 10.4. The van der Waals surface area contributed by atoms with Crippen molar-refractivity contribution in [1.29, 1.82) is 0 Å². The van der Waals surface area contributed by atoms with Gasteiger partial charge >= 0.3 is 12.2 Å². The van der Waals surface area contributed by atoms with Crippen molar-refractivity contribution in [3.8, 4) is 11.3 Å². The normalized spacial score (nSPS) is 17.9. The maximum Gasteiger partial charge on any atom is 0.407 e. The molecular formula is C39H50N10O7. The van der Waals surface area contributed by atoms with Gasteiger partial charge in [-0.25, -0.2) is 19.6 Å². The number of methoxy groups -OCH3 is 2. The SMILES string of the molecule is COC(=O)N[C@H](C(=O)N1CCC[C@H]1c1nc(Nc2cc[nH]c2C(=O)c2ccc(-c3c[nH]c([C@@H]4CCCN4C(=O)[C@@H](NC(=O)OC)C(C)C)n3)cc2)c[nH]1)C(C)C. The van der Waals surface area contributed by atoms with Crippen LogP contribution in [-0.2, 0) is 19.1 Å². The summed E-state index contributed by atoms with van der Waals surface area (Å²) in [7, 11) is 2.53. The first-order valence-electron chi connectivity index (χ1n) is 18.9. The van der Waals surface area contributed by atoms with Gasteiger partial charge in [-0.15, -0.1) is 0 Å². The monoisotopic (exact) mass is 770 g/mol. The Morgan fingerprint density at radius 3 is 1.80 bits per heavy atom. The highest BCUT2D eigenvalue weighted by Crippen LogP contribution is 2.34. The number of anilines is 2. The number of rotatable bonds is 13. The van der Waals surface area contributed by atoms with E-state index in [-0.39, 0.29) is 41.5 Å². The highest BCUT2D eigenvalue weighted by atomic mass is 16.5. The number of carbonyl (C=O) groups excluding carboxylic acids is 5. The molecule has 0 saturated carbocycles. The molecule has 17 nitrogen and oxygen atoms in total. The number of H-pyrrole nitrogens is 3. The van der Waals surface area contributed by atoms with E-state index in [9.17, 15) is 24.0 Å². The minimum atomic E-state index is -0.739. The van der Waals surface area contributed by atoms with E-state index < -0.39 is 24.3 Å². The van der Waals surface area contributed by atoms with Gasteiger partial charge in [-0.2, -0.15) is 0 Å². The number of nitrogens with one attached hydrogen (secondary N) is 6. The number of carbonyl (C=O) groups is 5. The van der Waals surface area contributed by atoms with Crippen LogP contribution in [0.25, 0.3) is 11.3 Å². The van der Waals surface area contributed by atoms with Crippen molar-refractivity contribution in [3.05, 3.63) is 71.8 Å². The zero-order valence-electron chi connectivity index (χ0n) is 32.5. The molecule has 2 aliphatic heterocycles. The van der Waals surface area contributed by atoms with Gasteiger partial charge in [0.2, 0.25) is 17.6 Å². The second-order valence-corrected chi connectivity index (χ2v) is 14.7. The van der Waals surface area contributed by atoms with Crippen LogP contribution in [0.15, 0.2) is 48.9 Å². The molecule has 6 N–H and O–H groups in total. The Morgan fingerprint density at radius 2 is 1.27 bits per heavy atom. The van der Waals surface area contributed by atoms with E-state index in [1.807, 2.05) is 39.8 Å². The molecule has 6 rings (SSSR count). The van der Waals surface area contributed by atoms with E-state index in [1.165, 1.54) is 14.2 Å². The lowest BCUT2D eigenvalue weighted by Gasteiger charge is -2.29. The number of hydrogen-bond acceptors (Lipinski definition) is 10. The minimum absolute atomic E-state index is 0.137. The van der Waals surface area contributed by atoms with Crippen LogP contribution in [0.4, 0.5) is 21.1 Å². The summed E-state index contributed by atoms with van der Waals surface area (Å²) in [5, 5.41) is 8.56. The quantitative estimate of drug-likeness (QED) is 0.0978. The number of nitrogens with zero attached hydrogens (tertiary/aromatic N) is 4. The van der Waals surface area contributed by atoms with E-state index in [0.717, 1.165) is 24.8 Å². The number of likely N-dealkylation sites (tertiary alicyclic amines) is 2. The molecule has 56 heavy (non-hydrogen) atoms. The van der Waals surface area contributed by atoms with E-state index in [4.69, 9.17) is 19.4 Å². The Hall–Kier alpha value is -6.13. The van der Waals surface area contributed by atoms with Crippen molar-refractivity contribution in [2.24, 2.45) is 11.8 Å². The van der Waals surface area contributed by atoms with Crippen molar-refractivity contribution in [1.82, 2.24) is 45.4 Å². The molecular weight excluding hydrogens is 720 g/mol. The van der Waals surface area contributed by atoms with E-state index >= 15 is 0 Å². The summed E-state index contributed by atoms with van der Waals surface area (Å²) < 4.78 is 9.47. The summed E-state index contributed by atoms with van der Waals surface area (Å²) in [6, 6.07) is 6.86. The summed E-state index contributed by atoms with van der Waals surface area (Å²) in [5.41, 5.74) is 2.81. The fourth-order valence-electron chi connectivity index (χ4n) is 7.35. The molecule has 2 saturated heterocycles. The van der Waals surface area contributed by atoms with Crippen molar-refractivity contribution in [2.45, 2.75) is 77.5 Å².